The van der Waals surface area contributed by atoms with Gasteiger partial charge in [0.1, 0.15) is 0 Å². The van der Waals surface area contributed by atoms with Gasteiger partial charge in [-0.1, -0.05) is 6.92 Å². The standard InChI is InChI=1S/C14H20FN3O3/c1-9-3-4-17(10(5-9)8-16)12-7-14(21-2)13(18(19)20)6-11(12)15/h6-7,9-10H,3-5,8,16H2,1-2H3. The van der Waals surface area contributed by atoms with Gasteiger partial charge < -0.3 is 15.4 Å². The van der Waals surface area contributed by atoms with E-state index in [9.17, 15) is 14.5 Å². The second-order valence-electron chi connectivity index (χ2n) is 5.45. The molecule has 1 saturated heterocycles. The fourth-order valence-electron chi connectivity index (χ4n) is 2.85. The number of rotatable bonds is 4. The molecular weight excluding hydrogens is 277 g/mol. The van der Waals surface area contributed by atoms with Crippen LogP contribution in [0.25, 0.3) is 0 Å². The van der Waals surface area contributed by atoms with Crippen molar-refractivity contribution in [2.24, 2.45) is 11.7 Å². The minimum atomic E-state index is -0.648. The highest BCUT2D eigenvalue weighted by molar-refractivity contribution is 5.61. The molecule has 1 aliphatic heterocycles. The van der Waals surface area contributed by atoms with Crippen LogP contribution in [0.1, 0.15) is 19.8 Å². The molecule has 1 heterocycles. The van der Waals surface area contributed by atoms with E-state index in [-0.39, 0.29) is 17.5 Å². The maximum absolute atomic E-state index is 14.3. The van der Waals surface area contributed by atoms with Crippen LogP contribution in [0.15, 0.2) is 12.1 Å². The Labute approximate surface area is 122 Å². The van der Waals surface area contributed by atoms with Crippen LogP contribution < -0.4 is 15.4 Å². The van der Waals surface area contributed by atoms with Crippen molar-refractivity contribution < 1.29 is 14.1 Å². The average Bonchev–Trinajstić information content (AvgIpc) is 2.47. The van der Waals surface area contributed by atoms with E-state index in [0.29, 0.717) is 24.7 Å². The van der Waals surface area contributed by atoms with Crippen LogP contribution in [-0.4, -0.2) is 31.2 Å². The molecule has 7 heteroatoms. The van der Waals surface area contributed by atoms with Crippen molar-refractivity contribution in [2.75, 3.05) is 25.1 Å². The average molecular weight is 297 g/mol. The largest absolute Gasteiger partial charge is 0.490 e. The summed E-state index contributed by atoms with van der Waals surface area (Å²) in [5.74, 6) is -0.0147. The molecule has 0 radical (unpaired) electrons. The maximum Gasteiger partial charge on any atom is 0.313 e. The second kappa shape index (κ2) is 6.26. The van der Waals surface area contributed by atoms with Crippen molar-refractivity contribution in [3.8, 4) is 5.75 Å². The molecule has 0 amide bonds. The zero-order valence-electron chi connectivity index (χ0n) is 12.2. The smallest absolute Gasteiger partial charge is 0.313 e. The lowest BCUT2D eigenvalue weighted by Gasteiger charge is -2.39. The van der Waals surface area contributed by atoms with Gasteiger partial charge in [0.25, 0.3) is 0 Å². The number of anilines is 1. The zero-order valence-corrected chi connectivity index (χ0v) is 12.2. The molecule has 0 aliphatic carbocycles. The number of ether oxygens (including phenoxy) is 1. The first-order chi connectivity index (χ1) is 9.97. The molecule has 2 N–H and O–H groups in total. The lowest BCUT2D eigenvalue weighted by Crippen LogP contribution is -2.46. The van der Waals surface area contributed by atoms with Crippen LogP contribution >= 0.6 is 0 Å². The fraction of sp³-hybridized carbons (Fsp3) is 0.571. The van der Waals surface area contributed by atoms with E-state index in [1.807, 2.05) is 4.90 Å². The molecule has 1 aromatic rings. The number of hydrogen-bond donors (Lipinski definition) is 1. The van der Waals surface area contributed by atoms with Crippen molar-refractivity contribution in [3.05, 3.63) is 28.1 Å². The van der Waals surface area contributed by atoms with Crippen LogP contribution in [0.5, 0.6) is 5.75 Å². The predicted molar refractivity (Wildman–Crippen MR) is 78.2 cm³/mol. The van der Waals surface area contributed by atoms with Crippen molar-refractivity contribution >= 4 is 11.4 Å². The van der Waals surface area contributed by atoms with Crippen LogP contribution in [0.4, 0.5) is 15.8 Å². The molecule has 21 heavy (non-hydrogen) atoms. The third-order valence-electron chi connectivity index (χ3n) is 4.00. The Morgan fingerprint density at radius 3 is 2.86 bits per heavy atom. The predicted octanol–water partition coefficient (Wildman–Crippen LogP) is 2.31. The van der Waals surface area contributed by atoms with Crippen molar-refractivity contribution in [2.45, 2.75) is 25.8 Å². The molecule has 0 saturated carbocycles. The quantitative estimate of drug-likeness (QED) is 0.681. The highest BCUT2D eigenvalue weighted by atomic mass is 19.1. The molecule has 2 atom stereocenters. The molecule has 6 nitrogen and oxygen atoms in total. The van der Waals surface area contributed by atoms with Gasteiger partial charge in [-0.15, -0.1) is 0 Å². The van der Waals surface area contributed by atoms with Crippen molar-refractivity contribution in [1.29, 1.82) is 0 Å². The van der Waals surface area contributed by atoms with Crippen LogP contribution in [0, 0.1) is 21.8 Å². The third-order valence-corrected chi connectivity index (χ3v) is 4.00. The van der Waals surface area contributed by atoms with Gasteiger partial charge in [-0.25, -0.2) is 4.39 Å². The molecule has 1 aliphatic rings. The summed E-state index contributed by atoms with van der Waals surface area (Å²) in [5.41, 5.74) is 5.74. The number of nitro benzene ring substituents is 1. The Morgan fingerprint density at radius 1 is 1.57 bits per heavy atom. The van der Waals surface area contributed by atoms with Gasteiger partial charge in [-0.3, -0.25) is 10.1 Å². The monoisotopic (exact) mass is 297 g/mol. The normalized spacial score (nSPS) is 22.2. The summed E-state index contributed by atoms with van der Waals surface area (Å²) in [6, 6.07) is 2.35. The molecule has 0 bridgehead atoms. The Hall–Kier alpha value is -1.89. The lowest BCUT2D eigenvalue weighted by atomic mass is 9.92. The molecule has 2 rings (SSSR count). The number of piperidine rings is 1. The second-order valence-corrected chi connectivity index (χ2v) is 5.45. The van der Waals surface area contributed by atoms with Crippen molar-refractivity contribution in [1.82, 2.24) is 0 Å². The number of nitrogens with two attached hydrogens (primary N) is 1. The Balaban J connectivity index is 2.41. The fourth-order valence-corrected chi connectivity index (χ4v) is 2.85. The molecule has 0 spiro atoms. The third kappa shape index (κ3) is 3.07. The minimum absolute atomic E-state index is 0.0365. The zero-order chi connectivity index (χ0) is 15.6. The first-order valence-corrected chi connectivity index (χ1v) is 6.96. The van der Waals surface area contributed by atoms with E-state index in [1.54, 1.807) is 0 Å². The molecule has 1 fully saturated rings. The number of benzene rings is 1. The Morgan fingerprint density at radius 2 is 2.29 bits per heavy atom. The van der Waals surface area contributed by atoms with Crippen LogP contribution in [0.3, 0.4) is 0 Å². The number of methoxy groups -OCH3 is 1. The molecule has 2 unspecified atom stereocenters. The van der Waals surface area contributed by atoms with Gasteiger partial charge in [-0.05, 0) is 18.8 Å². The van der Waals surface area contributed by atoms with Gasteiger partial charge >= 0.3 is 5.69 Å². The maximum atomic E-state index is 14.3. The Bertz CT molecular complexity index is 538. The van der Waals surface area contributed by atoms with E-state index >= 15 is 0 Å². The summed E-state index contributed by atoms with van der Waals surface area (Å²) in [4.78, 5) is 12.2. The van der Waals surface area contributed by atoms with E-state index in [1.165, 1.54) is 13.2 Å². The molecule has 116 valence electrons. The number of nitro groups is 1. The van der Waals surface area contributed by atoms with Gasteiger partial charge in [0.2, 0.25) is 0 Å². The summed E-state index contributed by atoms with van der Waals surface area (Å²) in [5, 5.41) is 10.9. The Kier molecular flexibility index (Phi) is 4.62. The van der Waals surface area contributed by atoms with Crippen LogP contribution in [0.2, 0.25) is 0 Å². The van der Waals surface area contributed by atoms with Crippen molar-refractivity contribution in [3.63, 3.8) is 0 Å². The van der Waals surface area contributed by atoms with Gasteiger partial charge in [-0.2, -0.15) is 0 Å². The highest BCUT2D eigenvalue weighted by Gasteiger charge is 2.29. The molecule has 1 aromatic carbocycles. The summed E-state index contributed by atoms with van der Waals surface area (Å²) in [6.45, 7) is 3.25. The number of hydrogen-bond acceptors (Lipinski definition) is 5. The van der Waals surface area contributed by atoms with Gasteiger partial charge in [0.15, 0.2) is 11.6 Å². The van der Waals surface area contributed by atoms with E-state index in [0.717, 1.165) is 18.9 Å². The van der Waals surface area contributed by atoms with E-state index in [4.69, 9.17) is 10.5 Å². The number of nitrogens with zero attached hydrogens (tertiary/aromatic N) is 2. The van der Waals surface area contributed by atoms with Gasteiger partial charge in [0.05, 0.1) is 23.8 Å². The summed E-state index contributed by atoms with van der Waals surface area (Å²) in [7, 11) is 1.34. The SMILES string of the molecule is COc1cc(N2CCC(C)CC2CN)c(F)cc1[N+](=O)[O-]. The topological polar surface area (TPSA) is 81.6 Å². The van der Waals surface area contributed by atoms with Crippen LogP contribution in [-0.2, 0) is 0 Å². The van der Waals surface area contributed by atoms with E-state index in [2.05, 4.69) is 6.92 Å². The first-order valence-electron chi connectivity index (χ1n) is 6.96. The summed E-state index contributed by atoms with van der Waals surface area (Å²) in [6.07, 6.45) is 1.82. The summed E-state index contributed by atoms with van der Waals surface area (Å²) < 4.78 is 19.3. The van der Waals surface area contributed by atoms with Gasteiger partial charge in [0, 0.05) is 25.2 Å². The molecular formula is C14H20FN3O3. The highest BCUT2D eigenvalue weighted by Crippen LogP contribution is 2.37. The minimum Gasteiger partial charge on any atom is -0.490 e. The summed E-state index contributed by atoms with van der Waals surface area (Å²) >= 11 is 0. The van der Waals surface area contributed by atoms with E-state index < -0.39 is 10.7 Å². The lowest BCUT2D eigenvalue weighted by molar-refractivity contribution is -0.385. The molecule has 0 aromatic heterocycles. The number of halogens is 1. The first kappa shape index (κ1) is 15.5.